The van der Waals surface area contributed by atoms with Crippen LogP contribution in [0.3, 0.4) is 0 Å². The number of pyridine rings is 1. The third-order valence-corrected chi connectivity index (χ3v) is 5.52. The largest absolute Gasteiger partial charge is 0.450 e. The third kappa shape index (κ3) is 2.51. The molecule has 1 aromatic heterocycles. The zero-order valence-corrected chi connectivity index (χ0v) is 15.5. The molecular weight excluding hydrogens is 379 g/mol. The van der Waals surface area contributed by atoms with Gasteiger partial charge in [-0.25, -0.2) is 4.39 Å². The summed E-state index contributed by atoms with van der Waals surface area (Å²) in [6.07, 6.45) is 2.36. The van der Waals surface area contributed by atoms with Gasteiger partial charge in [-0.15, -0.1) is 0 Å². The van der Waals surface area contributed by atoms with E-state index in [0.717, 1.165) is 0 Å². The number of nitrogens with two attached hydrogens (primary N) is 1. The van der Waals surface area contributed by atoms with Crippen LogP contribution in [-0.4, -0.2) is 28.6 Å². The fourth-order valence-corrected chi connectivity index (χ4v) is 4.13. The fourth-order valence-electron chi connectivity index (χ4n) is 4.13. The Morgan fingerprint density at radius 1 is 1.34 bits per heavy atom. The highest BCUT2D eigenvalue weighted by molar-refractivity contribution is 5.95. The lowest BCUT2D eigenvalue weighted by atomic mass is 10.1. The molecule has 5 rings (SSSR count). The maximum absolute atomic E-state index is 15.2. The van der Waals surface area contributed by atoms with Crippen molar-refractivity contribution < 1.29 is 14.1 Å². The summed E-state index contributed by atoms with van der Waals surface area (Å²) in [5.41, 5.74) is 7.23. The predicted molar refractivity (Wildman–Crippen MR) is 106 cm³/mol. The van der Waals surface area contributed by atoms with Crippen LogP contribution in [0.5, 0.6) is 11.5 Å². The van der Waals surface area contributed by atoms with E-state index in [2.05, 4.69) is 0 Å². The van der Waals surface area contributed by atoms with Crippen LogP contribution in [-0.2, 0) is 0 Å². The Labute approximate surface area is 164 Å². The average molecular weight is 396 g/mol. The van der Waals surface area contributed by atoms with E-state index < -0.39 is 10.7 Å². The number of halogens is 1. The van der Waals surface area contributed by atoms with E-state index in [0.29, 0.717) is 36.3 Å². The Morgan fingerprint density at radius 2 is 2.14 bits per heavy atom. The van der Waals surface area contributed by atoms with Crippen LogP contribution in [0.15, 0.2) is 35.3 Å². The smallest absolute Gasteiger partial charge is 0.273 e. The molecule has 1 fully saturated rings. The molecule has 2 aromatic carbocycles. The van der Waals surface area contributed by atoms with Gasteiger partial charge in [0.25, 0.3) is 5.69 Å². The first-order valence-electron chi connectivity index (χ1n) is 9.21. The van der Waals surface area contributed by atoms with Crippen molar-refractivity contribution in [3.63, 3.8) is 0 Å². The summed E-state index contributed by atoms with van der Waals surface area (Å²) in [6, 6.07) is 5.39. The van der Waals surface area contributed by atoms with Gasteiger partial charge in [-0.2, -0.15) is 0 Å². The third-order valence-electron chi connectivity index (χ3n) is 5.52. The van der Waals surface area contributed by atoms with Crippen molar-refractivity contribution in [2.45, 2.75) is 19.4 Å². The maximum atomic E-state index is 15.2. The molecule has 1 saturated heterocycles. The summed E-state index contributed by atoms with van der Waals surface area (Å²) in [5, 5.41) is 11.4. The lowest BCUT2D eigenvalue weighted by Crippen LogP contribution is -2.28. The minimum Gasteiger partial charge on any atom is -0.450 e. The molecule has 0 radical (unpaired) electrons. The fraction of sp³-hybridized carbons (Fsp3) is 0.250. The molecule has 148 valence electrons. The zero-order chi connectivity index (χ0) is 20.4. The van der Waals surface area contributed by atoms with Crippen LogP contribution in [0.25, 0.3) is 16.6 Å². The van der Waals surface area contributed by atoms with Gasteiger partial charge in [-0.3, -0.25) is 14.9 Å². The van der Waals surface area contributed by atoms with Crippen molar-refractivity contribution in [2.24, 2.45) is 5.73 Å². The second-order valence-electron chi connectivity index (χ2n) is 7.45. The lowest BCUT2D eigenvalue weighted by molar-refractivity contribution is -0.384. The van der Waals surface area contributed by atoms with Gasteiger partial charge in [-0.05, 0) is 25.5 Å². The van der Waals surface area contributed by atoms with Gasteiger partial charge in [0.2, 0.25) is 0 Å². The summed E-state index contributed by atoms with van der Waals surface area (Å²) in [5.74, 6) is -0.171. The van der Waals surface area contributed by atoms with E-state index in [1.54, 1.807) is 28.7 Å². The van der Waals surface area contributed by atoms with Crippen molar-refractivity contribution in [1.29, 1.82) is 0 Å². The van der Waals surface area contributed by atoms with Gasteiger partial charge in [0, 0.05) is 37.0 Å². The van der Waals surface area contributed by atoms with Crippen molar-refractivity contribution in [2.75, 3.05) is 18.0 Å². The predicted octanol–water partition coefficient (Wildman–Crippen LogP) is 2.99. The Balaban J connectivity index is 1.86. The molecule has 0 bridgehead atoms. The summed E-state index contributed by atoms with van der Waals surface area (Å²) < 4.78 is 22.9. The zero-order valence-electron chi connectivity index (χ0n) is 15.5. The standard InChI is InChI=1S/C20H17FN4O4/c1-10-8-24-15-3-2-12(25(27)28)6-16(15)29-20-17(24)13(19(10)26)7-14(21)18(20)23-5-4-11(22)9-23/h2-3,6-8,11H,4-5,9,22H2,1H3/t11-/m0/s1. The molecule has 2 aliphatic heterocycles. The number of nitro benzene ring substituents is 1. The number of fused-ring (bicyclic) bond motifs is 2. The van der Waals surface area contributed by atoms with Crippen LogP contribution in [0.2, 0.25) is 0 Å². The number of ether oxygens (including phenoxy) is 1. The van der Waals surface area contributed by atoms with E-state index in [4.69, 9.17) is 10.5 Å². The Kier molecular flexibility index (Phi) is 3.66. The molecule has 0 spiro atoms. The van der Waals surface area contributed by atoms with Crippen molar-refractivity contribution in [3.05, 3.63) is 62.2 Å². The molecule has 1 atom stereocenters. The van der Waals surface area contributed by atoms with E-state index in [1.807, 2.05) is 0 Å². The minimum atomic E-state index is -0.579. The van der Waals surface area contributed by atoms with E-state index >= 15 is 4.39 Å². The van der Waals surface area contributed by atoms with E-state index in [-0.39, 0.29) is 39.7 Å². The second-order valence-corrected chi connectivity index (χ2v) is 7.45. The number of non-ortho nitro benzene ring substituents is 1. The van der Waals surface area contributed by atoms with Gasteiger partial charge < -0.3 is 19.9 Å². The number of aromatic nitrogens is 1. The van der Waals surface area contributed by atoms with Crippen LogP contribution in [0.4, 0.5) is 15.8 Å². The Hall–Kier alpha value is -3.46. The molecular formula is C20H17FN4O4. The molecule has 0 saturated carbocycles. The van der Waals surface area contributed by atoms with Crippen LogP contribution in [0, 0.1) is 22.9 Å². The number of nitro groups is 1. The monoisotopic (exact) mass is 396 g/mol. The second kappa shape index (κ2) is 6.02. The topological polar surface area (TPSA) is 104 Å². The number of rotatable bonds is 2. The quantitative estimate of drug-likeness (QED) is 0.413. The minimum absolute atomic E-state index is 0.0885. The van der Waals surface area contributed by atoms with Crippen LogP contribution < -0.4 is 20.8 Å². The summed E-state index contributed by atoms with van der Waals surface area (Å²) >= 11 is 0. The number of aryl methyl sites for hydroxylation is 1. The van der Waals surface area contributed by atoms with Gasteiger partial charge in [0.15, 0.2) is 22.7 Å². The molecule has 9 heteroatoms. The molecule has 3 heterocycles. The molecule has 0 amide bonds. The number of benzene rings is 2. The first-order valence-corrected chi connectivity index (χ1v) is 9.21. The lowest BCUT2D eigenvalue weighted by Gasteiger charge is -2.29. The Morgan fingerprint density at radius 3 is 2.83 bits per heavy atom. The average Bonchev–Trinajstić information content (AvgIpc) is 3.10. The normalized spacial score (nSPS) is 17.3. The highest BCUT2D eigenvalue weighted by Gasteiger charge is 2.32. The van der Waals surface area contributed by atoms with Crippen LogP contribution >= 0.6 is 0 Å². The molecule has 0 aliphatic carbocycles. The first-order chi connectivity index (χ1) is 13.8. The SMILES string of the molecule is Cc1cn2c3c(c(N4CC[C@H](N)C4)c(F)cc3c1=O)Oc1cc([N+](=O)[O-])ccc1-2. The first kappa shape index (κ1) is 17.6. The van der Waals surface area contributed by atoms with E-state index in [1.165, 1.54) is 18.2 Å². The molecule has 0 unspecified atom stereocenters. The summed E-state index contributed by atoms with van der Waals surface area (Å²) in [7, 11) is 0. The van der Waals surface area contributed by atoms with Gasteiger partial charge in [-0.1, -0.05) is 0 Å². The highest BCUT2D eigenvalue weighted by Crippen LogP contribution is 2.47. The molecule has 8 nitrogen and oxygen atoms in total. The van der Waals surface area contributed by atoms with Crippen molar-refractivity contribution in [1.82, 2.24) is 4.57 Å². The molecule has 2 N–H and O–H groups in total. The van der Waals surface area contributed by atoms with Gasteiger partial charge in [0.1, 0.15) is 11.2 Å². The number of hydrogen-bond acceptors (Lipinski definition) is 6. The number of anilines is 1. The molecule has 29 heavy (non-hydrogen) atoms. The van der Waals surface area contributed by atoms with Gasteiger partial charge in [0.05, 0.1) is 22.1 Å². The highest BCUT2D eigenvalue weighted by atomic mass is 19.1. The number of hydrogen-bond donors (Lipinski definition) is 1. The number of nitrogens with zero attached hydrogens (tertiary/aromatic N) is 3. The molecule has 3 aromatic rings. The summed E-state index contributed by atoms with van der Waals surface area (Å²) in [6.45, 7) is 2.66. The summed E-state index contributed by atoms with van der Waals surface area (Å²) in [4.78, 5) is 25.2. The Bertz CT molecular complexity index is 1270. The molecule has 2 aliphatic rings. The van der Waals surface area contributed by atoms with E-state index in [9.17, 15) is 14.9 Å². The van der Waals surface area contributed by atoms with Crippen molar-refractivity contribution >= 4 is 22.3 Å². The maximum Gasteiger partial charge on any atom is 0.273 e. The van der Waals surface area contributed by atoms with Gasteiger partial charge >= 0.3 is 0 Å². The van der Waals surface area contributed by atoms with Crippen LogP contribution in [0.1, 0.15) is 12.0 Å². The van der Waals surface area contributed by atoms with Crippen molar-refractivity contribution in [3.8, 4) is 17.2 Å².